The van der Waals surface area contributed by atoms with Crippen LogP contribution in [0.25, 0.3) is 0 Å². The number of nitrogens with zero attached hydrogens (tertiary/aromatic N) is 3. The van der Waals surface area contributed by atoms with Crippen molar-refractivity contribution in [2.75, 3.05) is 30.8 Å². The molecule has 0 bridgehead atoms. The predicted octanol–water partition coefficient (Wildman–Crippen LogP) is 1.08. The lowest BCUT2D eigenvalue weighted by atomic mass is 10.1. The summed E-state index contributed by atoms with van der Waals surface area (Å²) in [7, 11) is 0. The van der Waals surface area contributed by atoms with Gasteiger partial charge in [0, 0.05) is 19.8 Å². The second-order valence-corrected chi connectivity index (χ2v) is 4.91. The van der Waals surface area contributed by atoms with Crippen LogP contribution in [0.4, 0.5) is 11.9 Å². The van der Waals surface area contributed by atoms with Crippen LogP contribution in [0.1, 0.15) is 26.7 Å². The van der Waals surface area contributed by atoms with Crippen molar-refractivity contribution in [1.29, 1.82) is 0 Å². The van der Waals surface area contributed by atoms with E-state index in [9.17, 15) is 0 Å². The Morgan fingerprint density at radius 1 is 1.42 bits per heavy atom. The van der Waals surface area contributed by atoms with Gasteiger partial charge < -0.3 is 20.5 Å². The van der Waals surface area contributed by atoms with Gasteiger partial charge in [0.05, 0.1) is 6.10 Å². The zero-order valence-electron chi connectivity index (χ0n) is 11.4. The molecule has 1 saturated heterocycles. The van der Waals surface area contributed by atoms with Crippen LogP contribution in [-0.2, 0) is 4.74 Å². The van der Waals surface area contributed by atoms with E-state index in [0.29, 0.717) is 11.9 Å². The van der Waals surface area contributed by atoms with Gasteiger partial charge in [-0.25, -0.2) is 0 Å². The summed E-state index contributed by atoms with van der Waals surface area (Å²) in [4.78, 5) is 12.1. The highest BCUT2D eigenvalue weighted by atomic mass is 16.5. The molecule has 19 heavy (non-hydrogen) atoms. The van der Waals surface area contributed by atoms with Gasteiger partial charge in [-0.15, -0.1) is 0 Å². The quantitative estimate of drug-likeness (QED) is 0.796. The fourth-order valence-electron chi connectivity index (χ4n) is 1.91. The number of nitrogen functional groups attached to an aromatic ring is 1. The third kappa shape index (κ3) is 4.51. The molecule has 0 radical (unpaired) electrons. The molecule has 1 aromatic heterocycles. The van der Waals surface area contributed by atoms with E-state index in [1.807, 2.05) is 13.8 Å². The third-order valence-electron chi connectivity index (χ3n) is 2.83. The first-order valence-corrected chi connectivity index (χ1v) is 6.63. The number of nitrogens with two attached hydrogens (primary N) is 1. The molecular formula is C12H21N5O2. The lowest BCUT2D eigenvalue weighted by molar-refractivity contribution is 0.185. The molecule has 2 rings (SSSR count). The highest BCUT2D eigenvalue weighted by Gasteiger charge is 2.15. The van der Waals surface area contributed by atoms with Crippen molar-refractivity contribution in [2.45, 2.75) is 32.8 Å². The number of hydrogen-bond donors (Lipinski definition) is 2. The largest absolute Gasteiger partial charge is 0.461 e. The van der Waals surface area contributed by atoms with Crippen LogP contribution in [0.3, 0.4) is 0 Å². The van der Waals surface area contributed by atoms with E-state index < -0.39 is 0 Å². The lowest BCUT2D eigenvalue weighted by Crippen LogP contribution is -2.14. The maximum absolute atomic E-state index is 5.63. The molecule has 0 aromatic carbocycles. The van der Waals surface area contributed by atoms with Gasteiger partial charge in [0.15, 0.2) is 0 Å². The van der Waals surface area contributed by atoms with E-state index >= 15 is 0 Å². The fraction of sp³-hybridized carbons (Fsp3) is 0.750. The summed E-state index contributed by atoms with van der Waals surface area (Å²) < 4.78 is 10.7. The topological polar surface area (TPSA) is 95.2 Å². The zero-order chi connectivity index (χ0) is 13.7. The summed E-state index contributed by atoms with van der Waals surface area (Å²) in [5.41, 5.74) is 5.63. The number of hydrogen-bond acceptors (Lipinski definition) is 7. The summed E-state index contributed by atoms with van der Waals surface area (Å²) in [5.74, 6) is 1.25. The summed E-state index contributed by atoms with van der Waals surface area (Å²) in [5, 5.41) is 3.15. The molecule has 1 fully saturated rings. The molecule has 0 aliphatic carbocycles. The average Bonchev–Trinajstić information content (AvgIpc) is 2.80. The average molecular weight is 267 g/mol. The molecule has 1 atom stereocenters. The Bertz CT molecular complexity index is 407. The number of nitrogens with one attached hydrogen (secondary N) is 1. The smallest absolute Gasteiger partial charge is 0.323 e. The van der Waals surface area contributed by atoms with Crippen LogP contribution in [0.5, 0.6) is 6.01 Å². The number of anilines is 2. The molecule has 2 heterocycles. The van der Waals surface area contributed by atoms with Crippen molar-refractivity contribution in [3.8, 4) is 6.01 Å². The summed E-state index contributed by atoms with van der Waals surface area (Å²) >= 11 is 0. The maximum atomic E-state index is 5.63. The van der Waals surface area contributed by atoms with E-state index in [2.05, 4.69) is 20.3 Å². The summed E-state index contributed by atoms with van der Waals surface area (Å²) in [6.07, 6.45) is 2.17. The Labute approximate surface area is 112 Å². The molecule has 1 aliphatic heterocycles. The molecule has 0 saturated carbocycles. The van der Waals surface area contributed by atoms with Gasteiger partial charge in [0.1, 0.15) is 0 Å². The molecule has 3 N–H and O–H groups in total. The normalized spacial score (nSPS) is 18.8. The van der Waals surface area contributed by atoms with Crippen LogP contribution >= 0.6 is 0 Å². The van der Waals surface area contributed by atoms with E-state index in [-0.39, 0.29) is 18.1 Å². The third-order valence-corrected chi connectivity index (χ3v) is 2.83. The Morgan fingerprint density at radius 2 is 2.26 bits per heavy atom. The first-order valence-electron chi connectivity index (χ1n) is 6.63. The SMILES string of the molecule is CC(C)Oc1nc(N)nc(NCCC2CCOC2)n1. The molecule has 1 unspecified atom stereocenters. The van der Waals surface area contributed by atoms with Crippen molar-refractivity contribution in [1.82, 2.24) is 15.0 Å². The van der Waals surface area contributed by atoms with Gasteiger partial charge >= 0.3 is 6.01 Å². The van der Waals surface area contributed by atoms with E-state index in [1.165, 1.54) is 0 Å². The summed E-state index contributed by atoms with van der Waals surface area (Å²) in [6.45, 7) is 6.33. The predicted molar refractivity (Wildman–Crippen MR) is 72.0 cm³/mol. The highest BCUT2D eigenvalue weighted by Crippen LogP contribution is 2.16. The monoisotopic (exact) mass is 267 g/mol. The van der Waals surface area contributed by atoms with Crippen molar-refractivity contribution in [2.24, 2.45) is 5.92 Å². The number of rotatable bonds is 6. The Morgan fingerprint density at radius 3 is 2.95 bits per heavy atom. The van der Waals surface area contributed by atoms with Gasteiger partial charge in [0.25, 0.3) is 0 Å². The number of aromatic nitrogens is 3. The van der Waals surface area contributed by atoms with Crippen molar-refractivity contribution >= 4 is 11.9 Å². The second kappa shape index (κ2) is 6.51. The fourth-order valence-corrected chi connectivity index (χ4v) is 1.91. The highest BCUT2D eigenvalue weighted by molar-refractivity contribution is 5.32. The minimum absolute atomic E-state index is 0.00490. The van der Waals surface area contributed by atoms with E-state index in [1.54, 1.807) is 0 Å². The minimum atomic E-state index is 0.00490. The second-order valence-electron chi connectivity index (χ2n) is 4.91. The van der Waals surface area contributed by atoms with Crippen LogP contribution in [-0.4, -0.2) is 40.8 Å². The summed E-state index contributed by atoms with van der Waals surface area (Å²) in [6, 6.07) is 0.259. The maximum Gasteiger partial charge on any atom is 0.323 e. The van der Waals surface area contributed by atoms with Crippen molar-refractivity contribution in [3.63, 3.8) is 0 Å². The molecule has 7 nitrogen and oxygen atoms in total. The van der Waals surface area contributed by atoms with Gasteiger partial charge in [-0.2, -0.15) is 15.0 Å². The first-order chi connectivity index (χ1) is 9.13. The zero-order valence-corrected chi connectivity index (χ0v) is 11.4. The number of ether oxygens (including phenoxy) is 2. The van der Waals surface area contributed by atoms with Gasteiger partial charge in [0.2, 0.25) is 11.9 Å². The molecule has 1 aromatic rings. The first kappa shape index (κ1) is 13.8. The van der Waals surface area contributed by atoms with E-state index in [4.69, 9.17) is 15.2 Å². The molecule has 7 heteroatoms. The van der Waals surface area contributed by atoms with Crippen LogP contribution < -0.4 is 15.8 Å². The van der Waals surface area contributed by atoms with Gasteiger partial charge in [-0.05, 0) is 32.6 Å². The van der Waals surface area contributed by atoms with Crippen LogP contribution in [0, 0.1) is 5.92 Å². The standard InChI is InChI=1S/C12H21N5O2/c1-8(2)19-12-16-10(13)15-11(17-12)14-5-3-9-4-6-18-7-9/h8-9H,3-7H2,1-2H3,(H3,13,14,15,16,17). The van der Waals surface area contributed by atoms with Crippen molar-refractivity contribution in [3.05, 3.63) is 0 Å². The van der Waals surface area contributed by atoms with Crippen LogP contribution in [0.15, 0.2) is 0 Å². The Kier molecular flexibility index (Phi) is 4.73. The molecule has 1 aliphatic rings. The van der Waals surface area contributed by atoms with Crippen molar-refractivity contribution < 1.29 is 9.47 Å². The molecule has 0 spiro atoms. The van der Waals surface area contributed by atoms with Gasteiger partial charge in [-0.3, -0.25) is 0 Å². The molecule has 0 amide bonds. The molecular weight excluding hydrogens is 246 g/mol. The van der Waals surface area contributed by atoms with Crippen LogP contribution in [0.2, 0.25) is 0 Å². The van der Waals surface area contributed by atoms with E-state index in [0.717, 1.165) is 32.6 Å². The Balaban J connectivity index is 1.86. The Hall–Kier alpha value is -1.63. The van der Waals surface area contributed by atoms with Gasteiger partial charge in [-0.1, -0.05) is 0 Å². The molecule has 106 valence electrons. The minimum Gasteiger partial charge on any atom is -0.461 e. The lowest BCUT2D eigenvalue weighted by Gasteiger charge is -2.11.